The first kappa shape index (κ1) is 16.5. The smallest absolute Gasteiger partial charge is 0.272 e. The van der Waals surface area contributed by atoms with Crippen LogP contribution in [0.2, 0.25) is 0 Å². The summed E-state index contributed by atoms with van der Waals surface area (Å²) in [4.78, 5) is 10.9. The Morgan fingerprint density at radius 1 is 1.17 bits per heavy atom. The molecule has 0 heterocycles. The molecule has 3 rings (SSSR count). The highest BCUT2D eigenvalue weighted by Gasteiger charge is 2.32. The molecule has 0 saturated heterocycles. The van der Waals surface area contributed by atoms with E-state index in [-0.39, 0.29) is 23.3 Å². The van der Waals surface area contributed by atoms with Gasteiger partial charge in [0.05, 0.1) is 4.92 Å². The number of nitro groups is 1. The normalized spacial score (nSPS) is 15.0. The quantitative estimate of drug-likeness (QED) is 0.574. The lowest BCUT2D eigenvalue weighted by molar-refractivity contribution is -0.385. The fourth-order valence-electron chi connectivity index (χ4n) is 3.04. The number of anilines is 1. The van der Waals surface area contributed by atoms with E-state index in [1.54, 1.807) is 12.1 Å². The van der Waals surface area contributed by atoms with Gasteiger partial charge in [0.15, 0.2) is 0 Å². The van der Waals surface area contributed by atoms with Gasteiger partial charge in [-0.25, -0.2) is 0 Å². The van der Waals surface area contributed by atoms with Gasteiger partial charge in [0.1, 0.15) is 0 Å². The number of benzene rings is 2. The van der Waals surface area contributed by atoms with E-state index >= 15 is 0 Å². The molecule has 126 valence electrons. The lowest BCUT2D eigenvalue weighted by Gasteiger charge is -2.20. The van der Waals surface area contributed by atoms with Crippen molar-refractivity contribution in [1.82, 2.24) is 0 Å². The third kappa shape index (κ3) is 4.11. The number of nitro benzene ring substituents is 1. The molecule has 1 aliphatic carbocycles. The van der Waals surface area contributed by atoms with Crippen molar-refractivity contribution in [3.63, 3.8) is 0 Å². The van der Waals surface area contributed by atoms with Crippen LogP contribution in [-0.4, -0.2) is 22.7 Å². The van der Waals surface area contributed by atoms with Gasteiger partial charge >= 0.3 is 0 Å². The zero-order chi connectivity index (χ0) is 16.9. The third-order valence-corrected chi connectivity index (χ3v) is 4.53. The van der Waals surface area contributed by atoms with Crippen LogP contribution in [0.4, 0.5) is 11.4 Å². The van der Waals surface area contributed by atoms with Crippen molar-refractivity contribution in [2.75, 3.05) is 11.9 Å². The van der Waals surface area contributed by atoms with Crippen LogP contribution in [0, 0.1) is 16.0 Å². The van der Waals surface area contributed by atoms with E-state index in [9.17, 15) is 10.1 Å². The molecule has 1 atom stereocenters. The average Bonchev–Trinajstić information content (AvgIpc) is 3.41. The van der Waals surface area contributed by atoms with Crippen molar-refractivity contribution in [3.05, 3.63) is 69.8 Å². The molecule has 0 radical (unpaired) electrons. The number of hydrogen-bond donors (Lipinski definition) is 2. The fraction of sp³-hybridized carbons (Fsp3) is 0.368. The van der Waals surface area contributed by atoms with Crippen LogP contribution in [0.3, 0.4) is 0 Å². The minimum Gasteiger partial charge on any atom is -0.396 e. The minimum absolute atomic E-state index is 0.148. The lowest BCUT2D eigenvalue weighted by Crippen LogP contribution is -2.25. The van der Waals surface area contributed by atoms with Crippen LogP contribution >= 0.6 is 0 Å². The summed E-state index contributed by atoms with van der Waals surface area (Å²) in [6.07, 6.45) is 3.64. The van der Waals surface area contributed by atoms with E-state index in [0.29, 0.717) is 18.8 Å². The highest BCUT2D eigenvalue weighted by atomic mass is 16.6. The SMILES string of the molecule is O=[N+]([O-])c1ccccc1CC(Nc1ccc(CCO)cc1)C1CC1. The van der Waals surface area contributed by atoms with Gasteiger partial charge in [-0.05, 0) is 49.3 Å². The first-order chi connectivity index (χ1) is 11.7. The topological polar surface area (TPSA) is 75.4 Å². The molecule has 0 amide bonds. The molecule has 1 aliphatic rings. The van der Waals surface area contributed by atoms with Gasteiger partial charge in [-0.2, -0.15) is 0 Å². The average molecular weight is 326 g/mol. The fourth-order valence-corrected chi connectivity index (χ4v) is 3.04. The van der Waals surface area contributed by atoms with E-state index in [2.05, 4.69) is 5.32 Å². The Hall–Kier alpha value is -2.40. The van der Waals surface area contributed by atoms with Gasteiger partial charge in [0, 0.05) is 30.0 Å². The van der Waals surface area contributed by atoms with Crippen molar-refractivity contribution in [2.24, 2.45) is 5.92 Å². The number of hydrogen-bond acceptors (Lipinski definition) is 4. The van der Waals surface area contributed by atoms with Crippen LogP contribution < -0.4 is 5.32 Å². The van der Waals surface area contributed by atoms with Crippen molar-refractivity contribution in [2.45, 2.75) is 31.7 Å². The minimum atomic E-state index is -0.303. The monoisotopic (exact) mass is 326 g/mol. The molecule has 2 N–H and O–H groups in total. The first-order valence-electron chi connectivity index (χ1n) is 8.36. The van der Waals surface area contributed by atoms with E-state index in [1.165, 1.54) is 12.8 Å². The van der Waals surface area contributed by atoms with Crippen LogP contribution in [0.15, 0.2) is 48.5 Å². The Morgan fingerprint density at radius 2 is 1.88 bits per heavy atom. The standard InChI is InChI=1S/C19H22N2O3/c22-12-11-14-5-9-17(10-6-14)20-18(15-7-8-15)13-16-3-1-2-4-19(16)21(23)24/h1-6,9-10,15,18,20,22H,7-8,11-13H2. The predicted molar refractivity (Wildman–Crippen MR) is 94.2 cm³/mol. The largest absolute Gasteiger partial charge is 0.396 e. The van der Waals surface area contributed by atoms with Crippen LogP contribution in [0.5, 0.6) is 0 Å². The summed E-state index contributed by atoms with van der Waals surface area (Å²) in [5, 5.41) is 23.7. The van der Waals surface area contributed by atoms with Crippen molar-refractivity contribution >= 4 is 11.4 Å². The molecular weight excluding hydrogens is 304 g/mol. The molecule has 1 saturated carbocycles. The molecule has 0 spiro atoms. The Morgan fingerprint density at radius 3 is 2.50 bits per heavy atom. The van der Waals surface area contributed by atoms with Gasteiger partial charge in [0.25, 0.3) is 5.69 Å². The Labute approximate surface area is 141 Å². The first-order valence-corrected chi connectivity index (χ1v) is 8.36. The van der Waals surface area contributed by atoms with E-state index in [0.717, 1.165) is 16.8 Å². The zero-order valence-electron chi connectivity index (χ0n) is 13.5. The number of aliphatic hydroxyl groups excluding tert-OH is 1. The van der Waals surface area contributed by atoms with Crippen molar-refractivity contribution < 1.29 is 10.0 Å². The summed E-state index contributed by atoms with van der Waals surface area (Å²) >= 11 is 0. The summed E-state index contributed by atoms with van der Waals surface area (Å²) in [6, 6.07) is 15.2. The maximum absolute atomic E-state index is 11.2. The molecule has 5 heteroatoms. The predicted octanol–water partition coefficient (Wildman–Crippen LogP) is 3.56. The molecule has 2 aromatic carbocycles. The molecule has 5 nitrogen and oxygen atoms in total. The van der Waals surface area contributed by atoms with Crippen LogP contribution in [0.25, 0.3) is 0 Å². The lowest BCUT2D eigenvalue weighted by atomic mass is 10.00. The molecule has 0 bridgehead atoms. The third-order valence-electron chi connectivity index (χ3n) is 4.53. The van der Waals surface area contributed by atoms with Crippen molar-refractivity contribution in [1.29, 1.82) is 0 Å². The second-order valence-electron chi connectivity index (χ2n) is 6.35. The molecule has 24 heavy (non-hydrogen) atoms. The summed E-state index contributed by atoms with van der Waals surface area (Å²) in [5.41, 5.74) is 3.10. The van der Waals surface area contributed by atoms with Gasteiger partial charge in [-0.1, -0.05) is 30.3 Å². The number of rotatable bonds is 8. The second kappa shape index (κ2) is 7.45. The van der Waals surface area contributed by atoms with Gasteiger partial charge < -0.3 is 10.4 Å². The molecule has 1 fully saturated rings. The van der Waals surface area contributed by atoms with Gasteiger partial charge in [0.2, 0.25) is 0 Å². The maximum atomic E-state index is 11.2. The number of nitrogens with zero attached hydrogens (tertiary/aromatic N) is 1. The molecular formula is C19H22N2O3. The molecule has 0 aliphatic heterocycles. The summed E-state index contributed by atoms with van der Waals surface area (Å²) in [7, 11) is 0. The van der Waals surface area contributed by atoms with Crippen molar-refractivity contribution in [3.8, 4) is 0 Å². The van der Waals surface area contributed by atoms with Crippen LogP contribution in [-0.2, 0) is 12.8 Å². The molecule has 1 unspecified atom stereocenters. The van der Waals surface area contributed by atoms with E-state index < -0.39 is 0 Å². The highest BCUT2D eigenvalue weighted by Crippen LogP contribution is 2.36. The van der Waals surface area contributed by atoms with Gasteiger partial charge in [-0.15, -0.1) is 0 Å². The number of para-hydroxylation sites is 1. The van der Waals surface area contributed by atoms with Gasteiger partial charge in [-0.3, -0.25) is 10.1 Å². The Kier molecular flexibility index (Phi) is 5.11. The van der Waals surface area contributed by atoms with E-state index in [4.69, 9.17) is 5.11 Å². The maximum Gasteiger partial charge on any atom is 0.272 e. The Bertz CT molecular complexity index is 696. The Balaban J connectivity index is 1.73. The zero-order valence-corrected chi connectivity index (χ0v) is 13.5. The van der Waals surface area contributed by atoms with Crippen LogP contribution in [0.1, 0.15) is 24.0 Å². The number of aliphatic hydroxyl groups is 1. The molecule has 0 aromatic heterocycles. The number of nitrogens with one attached hydrogen (secondary N) is 1. The van der Waals surface area contributed by atoms with E-state index in [1.807, 2.05) is 36.4 Å². The summed E-state index contributed by atoms with van der Waals surface area (Å²) < 4.78 is 0. The molecule has 2 aromatic rings. The summed E-state index contributed by atoms with van der Waals surface area (Å²) in [6.45, 7) is 0.148. The highest BCUT2D eigenvalue weighted by molar-refractivity contribution is 5.47. The second-order valence-corrected chi connectivity index (χ2v) is 6.35. The summed E-state index contributed by atoms with van der Waals surface area (Å²) in [5.74, 6) is 0.571.